The molecule has 19 heavy (non-hydrogen) atoms. The number of fused-ring (bicyclic) bond motifs is 1. The lowest BCUT2D eigenvalue weighted by Crippen LogP contribution is -2.28. The Balaban J connectivity index is 2.18. The summed E-state index contributed by atoms with van der Waals surface area (Å²) in [4.78, 5) is 18.1. The van der Waals surface area contributed by atoms with Crippen LogP contribution in [0.15, 0.2) is 62.6 Å². The molecule has 0 saturated heterocycles. The average Bonchev–Trinajstić information content (AvgIpc) is 2.59. The Bertz CT molecular complexity index is 780. The predicted molar refractivity (Wildman–Crippen MR) is 76.8 cm³/mol. The van der Waals surface area contributed by atoms with Crippen LogP contribution in [0, 0.1) is 0 Å². The zero-order valence-corrected chi connectivity index (χ0v) is 10.9. The number of rotatable bonds is 0. The first-order chi connectivity index (χ1) is 9.33. The summed E-state index contributed by atoms with van der Waals surface area (Å²) in [5.41, 5.74) is 4.02. The molecule has 0 radical (unpaired) electrons. The molecule has 0 aliphatic carbocycles. The Morgan fingerprint density at radius 1 is 1.37 bits per heavy atom. The third kappa shape index (κ3) is 2.62. The molecule has 0 amide bonds. The van der Waals surface area contributed by atoms with Crippen molar-refractivity contribution in [3.8, 4) is 0 Å². The fourth-order valence-electron chi connectivity index (χ4n) is 1.74. The van der Waals surface area contributed by atoms with E-state index in [1.165, 1.54) is 18.1 Å². The molecule has 0 N–H and O–H groups in total. The minimum absolute atomic E-state index is 0.689. The largest absolute Gasteiger partial charge is 0.259 e. The van der Waals surface area contributed by atoms with Crippen molar-refractivity contribution in [3.05, 3.63) is 63.3 Å². The smallest absolute Gasteiger partial charge is 0.116 e. The predicted octanol–water partition coefficient (Wildman–Crippen LogP) is 1.49. The molecule has 0 unspecified atom stereocenters. The van der Waals surface area contributed by atoms with Crippen LogP contribution < -0.4 is 10.7 Å². The van der Waals surface area contributed by atoms with Gasteiger partial charge >= 0.3 is 0 Å². The number of nitrogens with zero attached hydrogens (tertiary/aromatic N) is 4. The summed E-state index contributed by atoms with van der Waals surface area (Å²) in [6.45, 7) is 3.96. The van der Waals surface area contributed by atoms with E-state index in [0.29, 0.717) is 11.4 Å². The lowest BCUT2D eigenvalue weighted by molar-refractivity contribution is 1.05. The molecule has 3 rings (SSSR count). The number of hydrogen-bond acceptors (Lipinski definition) is 5. The van der Waals surface area contributed by atoms with Crippen LogP contribution in [0.2, 0.25) is 0 Å². The lowest BCUT2D eigenvalue weighted by Gasteiger charge is -2.03. The van der Waals surface area contributed by atoms with Gasteiger partial charge in [0, 0.05) is 17.5 Å². The second kappa shape index (κ2) is 5.18. The summed E-state index contributed by atoms with van der Waals surface area (Å²) in [5, 5.41) is 2.23. The van der Waals surface area contributed by atoms with Crippen LogP contribution in [0.1, 0.15) is 6.42 Å². The molecule has 0 atom stereocenters. The van der Waals surface area contributed by atoms with Crippen molar-refractivity contribution in [1.82, 2.24) is 9.97 Å². The van der Waals surface area contributed by atoms with Gasteiger partial charge in [-0.1, -0.05) is 24.4 Å². The summed E-state index contributed by atoms with van der Waals surface area (Å²) in [6, 6.07) is 0. The molecule has 0 bridgehead atoms. The van der Waals surface area contributed by atoms with Gasteiger partial charge in [0.15, 0.2) is 0 Å². The van der Waals surface area contributed by atoms with Crippen molar-refractivity contribution in [3.63, 3.8) is 0 Å². The van der Waals surface area contributed by atoms with Crippen molar-refractivity contribution in [1.29, 1.82) is 0 Å². The van der Waals surface area contributed by atoms with Crippen LogP contribution in [0.25, 0.3) is 6.08 Å². The summed E-state index contributed by atoms with van der Waals surface area (Å²) >= 11 is 1.49. The number of hydrogen-bond donors (Lipinski definition) is 0. The second-order valence-corrected chi connectivity index (χ2v) is 4.99. The highest BCUT2D eigenvalue weighted by Crippen LogP contribution is 2.31. The summed E-state index contributed by atoms with van der Waals surface area (Å²) in [6.07, 6.45) is 11.3. The number of aliphatic imine (C=N–C) groups is 1. The van der Waals surface area contributed by atoms with E-state index in [4.69, 9.17) is 0 Å². The SMILES string of the molecule is C=C1N=c2cncn/c2=C/CC2=C(C=C=CC=N2)S1. The fourth-order valence-corrected chi connectivity index (χ4v) is 2.51. The molecular weight excluding hydrogens is 256 g/mol. The Kier molecular flexibility index (Phi) is 3.23. The van der Waals surface area contributed by atoms with Gasteiger partial charge in [0.05, 0.1) is 22.3 Å². The standard InChI is InChI=1S/C14H10N4S/c1-10-18-13-8-15-9-17-11(13)5-6-12-14(19-10)4-2-3-7-16-12/h3-5,7-9H,1,6H2/b11-5+,18-13?. The zero-order chi connectivity index (χ0) is 13.1. The Morgan fingerprint density at radius 2 is 2.32 bits per heavy atom. The molecule has 2 aliphatic rings. The van der Waals surface area contributed by atoms with Gasteiger partial charge in [0.1, 0.15) is 11.7 Å². The zero-order valence-electron chi connectivity index (χ0n) is 10.1. The Hall–Kier alpha value is -2.23. The molecule has 2 aliphatic heterocycles. The van der Waals surface area contributed by atoms with E-state index < -0.39 is 0 Å². The van der Waals surface area contributed by atoms with E-state index in [1.807, 2.05) is 12.2 Å². The molecule has 1 aromatic heterocycles. The van der Waals surface area contributed by atoms with E-state index >= 15 is 0 Å². The maximum Gasteiger partial charge on any atom is 0.116 e. The van der Waals surface area contributed by atoms with Gasteiger partial charge < -0.3 is 0 Å². The minimum Gasteiger partial charge on any atom is -0.259 e. The van der Waals surface area contributed by atoms with Gasteiger partial charge in [-0.05, 0) is 12.2 Å². The molecule has 0 saturated carbocycles. The van der Waals surface area contributed by atoms with Crippen molar-refractivity contribution >= 4 is 24.1 Å². The number of thioether (sulfide) groups is 1. The van der Waals surface area contributed by atoms with E-state index in [-0.39, 0.29) is 0 Å². The molecule has 92 valence electrons. The molecular formula is C14H10N4S. The molecule has 0 aromatic carbocycles. The normalized spacial score (nSPS) is 19.2. The first-order valence-electron chi connectivity index (χ1n) is 5.73. The van der Waals surface area contributed by atoms with Gasteiger partial charge in [0.2, 0.25) is 0 Å². The Labute approximate surface area is 114 Å². The summed E-state index contributed by atoms with van der Waals surface area (Å²) < 4.78 is 0. The topological polar surface area (TPSA) is 50.5 Å². The highest BCUT2D eigenvalue weighted by molar-refractivity contribution is 8.06. The molecule has 3 heterocycles. The Morgan fingerprint density at radius 3 is 3.26 bits per heavy atom. The third-order valence-corrected chi connectivity index (χ3v) is 3.48. The van der Waals surface area contributed by atoms with Crippen molar-refractivity contribution in [2.45, 2.75) is 6.42 Å². The van der Waals surface area contributed by atoms with Crippen LogP contribution in [-0.4, -0.2) is 16.2 Å². The monoisotopic (exact) mass is 266 g/mol. The van der Waals surface area contributed by atoms with Crippen LogP contribution in [0.5, 0.6) is 0 Å². The van der Waals surface area contributed by atoms with Gasteiger partial charge in [-0.25, -0.2) is 15.0 Å². The van der Waals surface area contributed by atoms with Gasteiger partial charge in [0.25, 0.3) is 0 Å². The fraction of sp³-hybridized carbons (Fsp3) is 0.0714. The quantitative estimate of drug-likeness (QED) is 0.669. The maximum absolute atomic E-state index is 4.45. The first-order valence-corrected chi connectivity index (χ1v) is 6.54. The molecule has 5 heteroatoms. The number of allylic oxidation sites excluding steroid dienone is 2. The van der Waals surface area contributed by atoms with Crippen molar-refractivity contribution < 1.29 is 0 Å². The third-order valence-electron chi connectivity index (χ3n) is 2.58. The molecule has 1 aromatic rings. The first kappa shape index (κ1) is 11.8. The lowest BCUT2D eigenvalue weighted by atomic mass is 10.2. The van der Waals surface area contributed by atoms with Crippen molar-refractivity contribution in [2.75, 3.05) is 0 Å². The van der Waals surface area contributed by atoms with Gasteiger partial charge in [-0.2, -0.15) is 0 Å². The van der Waals surface area contributed by atoms with E-state index in [1.54, 1.807) is 18.5 Å². The van der Waals surface area contributed by atoms with Crippen LogP contribution in [0.3, 0.4) is 0 Å². The maximum atomic E-state index is 4.45. The summed E-state index contributed by atoms with van der Waals surface area (Å²) in [7, 11) is 0. The highest BCUT2D eigenvalue weighted by atomic mass is 32.2. The van der Waals surface area contributed by atoms with Gasteiger partial charge in [-0.3, -0.25) is 4.99 Å². The van der Waals surface area contributed by atoms with Crippen LogP contribution >= 0.6 is 11.8 Å². The van der Waals surface area contributed by atoms with Gasteiger partial charge in [-0.15, -0.1) is 5.73 Å². The molecule has 0 fully saturated rings. The van der Waals surface area contributed by atoms with E-state index in [2.05, 4.69) is 32.3 Å². The summed E-state index contributed by atoms with van der Waals surface area (Å²) in [5.74, 6) is 0. The van der Waals surface area contributed by atoms with E-state index in [0.717, 1.165) is 21.3 Å². The second-order valence-electron chi connectivity index (χ2n) is 3.88. The minimum atomic E-state index is 0.689. The van der Waals surface area contributed by atoms with Crippen LogP contribution in [-0.2, 0) is 0 Å². The highest BCUT2D eigenvalue weighted by Gasteiger charge is 2.08. The van der Waals surface area contributed by atoms with E-state index in [9.17, 15) is 0 Å². The van der Waals surface area contributed by atoms with Crippen molar-refractivity contribution in [2.24, 2.45) is 9.98 Å². The number of aromatic nitrogens is 2. The molecule has 0 spiro atoms. The molecule has 4 nitrogen and oxygen atoms in total. The average molecular weight is 266 g/mol. The van der Waals surface area contributed by atoms with Crippen LogP contribution in [0.4, 0.5) is 0 Å².